The van der Waals surface area contributed by atoms with Gasteiger partial charge < -0.3 is 10.2 Å². The number of aromatic nitrogens is 2. The normalized spacial score (nSPS) is 10.2. The van der Waals surface area contributed by atoms with Crippen LogP contribution in [0.1, 0.15) is 0 Å². The van der Waals surface area contributed by atoms with Crippen molar-refractivity contribution in [2.75, 3.05) is 24.7 Å². The van der Waals surface area contributed by atoms with E-state index in [9.17, 15) is 9.59 Å². The van der Waals surface area contributed by atoms with Crippen molar-refractivity contribution in [3.63, 3.8) is 0 Å². The van der Waals surface area contributed by atoms with E-state index in [4.69, 9.17) is 11.6 Å². The fourth-order valence-electron chi connectivity index (χ4n) is 1.65. The predicted molar refractivity (Wildman–Crippen MR) is 90.5 cm³/mol. The van der Waals surface area contributed by atoms with Crippen LogP contribution in [0.5, 0.6) is 0 Å². The molecule has 0 spiro atoms. The lowest BCUT2D eigenvalue weighted by molar-refractivity contribution is -0.131. The van der Waals surface area contributed by atoms with Crippen LogP contribution in [0.4, 0.5) is 5.69 Å². The zero-order valence-corrected chi connectivity index (χ0v) is 14.0. The molecule has 23 heavy (non-hydrogen) atoms. The summed E-state index contributed by atoms with van der Waals surface area (Å²) in [6.45, 7) is -0.0553. The monoisotopic (exact) mass is 350 g/mol. The first-order chi connectivity index (χ1) is 11.1. The van der Waals surface area contributed by atoms with Gasteiger partial charge in [0.25, 0.3) is 0 Å². The number of carbonyl (C=O) groups excluding carboxylic acids is 2. The summed E-state index contributed by atoms with van der Waals surface area (Å²) >= 11 is 7.20. The Bertz CT molecular complexity index is 684. The first-order valence-corrected chi connectivity index (χ1v) is 8.11. The number of para-hydroxylation sites is 1. The molecule has 120 valence electrons. The topological polar surface area (TPSA) is 75.2 Å². The smallest absolute Gasteiger partial charge is 0.244 e. The molecule has 0 bridgehead atoms. The van der Waals surface area contributed by atoms with Crippen molar-refractivity contribution in [3.8, 4) is 0 Å². The molecular formula is C15H15ClN4O2S. The van der Waals surface area contributed by atoms with E-state index in [1.165, 1.54) is 16.7 Å². The highest BCUT2D eigenvalue weighted by Crippen LogP contribution is 2.20. The van der Waals surface area contributed by atoms with Crippen LogP contribution in [0.25, 0.3) is 0 Å². The highest BCUT2D eigenvalue weighted by molar-refractivity contribution is 7.99. The molecule has 0 saturated heterocycles. The molecule has 1 heterocycles. The van der Waals surface area contributed by atoms with Crippen molar-refractivity contribution in [2.24, 2.45) is 0 Å². The van der Waals surface area contributed by atoms with Gasteiger partial charge in [-0.25, -0.2) is 9.97 Å². The fourth-order valence-corrected chi connectivity index (χ4v) is 2.58. The highest BCUT2D eigenvalue weighted by atomic mass is 35.5. The number of likely N-dealkylation sites (N-methyl/N-ethyl adjacent to an activating group) is 1. The van der Waals surface area contributed by atoms with Crippen LogP contribution in [0.2, 0.25) is 5.02 Å². The second-order valence-corrected chi connectivity index (χ2v) is 5.95. The number of halogens is 1. The molecule has 0 radical (unpaired) electrons. The Kier molecular flexibility index (Phi) is 6.37. The van der Waals surface area contributed by atoms with Gasteiger partial charge in [-0.1, -0.05) is 35.5 Å². The average molecular weight is 351 g/mol. The van der Waals surface area contributed by atoms with E-state index in [1.54, 1.807) is 49.8 Å². The standard InChI is InChI=1S/C15H15ClN4O2S/c1-20(14(22)10-23-15-17-7-4-8-18-15)9-13(21)19-12-6-3-2-5-11(12)16/h2-8H,9-10H2,1H3,(H,19,21). The largest absolute Gasteiger partial charge is 0.336 e. The summed E-state index contributed by atoms with van der Waals surface area (Å²) in [6, 6.07) is 8.63. The minimum absolute atomic E-state index is 0.0553. The molecule has 0 aliphatic rings. The number of benzene rings is 1. The van der Waals surface area contributed by atoms with Gasteiger partial charge in [-0.05, 0) is 18.2 Å². The van der Waals surface area contributed by atoms with Crippen molar-refractivity contribution in [2.45, 2.75) is 5.16 Å². The van der Waals surface area contributed by atoms with Gasteiger partial charge in [-0.2, -0.15) is 0 Å². The van der Waals surface area contributed by atoms with E-state index < -0.39 is 0 Å². The quantitative estimate of drug-likeness (QED) is 0.639. The molecule has 1 aromatic heterocycles. The Hall–Kier alpha value is -2.12. The third kappa shape index (κ3) is 5.54. The molecule has 2 amide bonds. The van der Waals surface area contributed by atoms with Crippen molar-refractivity contribution in [3.05, 3.63) is 47.7 Å². The Morgan fingerprint density at radius 3 is 2.61 bits per heavy atom. The maximum atomic E-state index is 12.0. The summed E-state index contributed by atoms with van der Waals surface area (Å²) in [4.78, 5) is 33.4. The molecule has 0 aliphatic heterocycles. The summed E-state index contributed by atoms with van der Waals surface area (Å²) in [7, 11) is 1.57. The third-order valence-electron chi connectivity index (χ3n) is 2.82. The maximum Gasteiger partial charge on any atom is 0.244 e. The molecule has 1 N–H and O–H groups in total. The van der Waals surface area contributed by atoms with Gasteiger partial charge in [0.2, 0.25) is 11.8 Å². The van der Waals surface area contributed by atoms with E-state index in [2.05, 4.69) is 15.3 Å². The summed E-state index contributed by atoms with van der Waals surface area (Å²) < 4.78 is 0. The second kappa shape index (κ2) is 8.50. The van der Waals surface area contributed by atoms with Gasteiger partial charge in [0.05, 0.1) is 23.0 Å². The molecule has 6 nitrogen and oxygen atoms in total. The molecule has 2 aromatic rings. The van der Waals surface area contributed by atoms with Gasteiger partial charge in [-0.15, -0.1) is 0 Å². The number of carbonyl (C=O) groups is 2. The van der Waals surface area contributed by atoms with Crippen LogP contribution in [0, 0.1) is 0 Å². The summed E-state index contributed by atoms with van der Waals surface area (Å²) in [5.74, 6) is -0.327. The zero-order valence-electron chi connectivity index (χ0n) is 12.4. The lowest BCUT2D eigenvalue weighted by Gasteiger charge is -2.16. The molecule has 0 fully saturated rings. The van der Waals surface area contributed by atoms with Gasteiger partial charge in [0.15, 0.2) is 5.16 Å². The van der Waals surface area contributed by atoms with Crippen molar-refractivity contribution < 1.29 is 9.59 Å². The molecule has 8 heteroatoms. The average Bonchev–Trinajstić information content (AvgIpc) is 2.55. The maximum absolute atomic E-state index is 12.0. The number of hydrogen-bond acceptors (Lipinski definition) is 5. The van der Waals surface area contributed by atoms with Crippen molar-refractivity contribution >= 4 is 40.9 Å². The lowest BCUT2D eigenvalue weighted by Crippen LogP contribution is -2.36. The fraction of sp³-hybridized carbons (Fsp3) is 0.200. The number of nitrogens with zero attached hydrogens (tertiary/aromatic N) is 3. The number of amides is 2. The van der Waals surface area contributed by atoms with Crippen LogP contribution in [-0.4, -0.2) is 46.0 Å². The molecule has 0 unspecified atom stereocenters. The Labute approximate surface area is 143 Å². The Balaban J connectivity index is 1.81. The minimum Gasteiger partial charge on any atom is -0.336 e. The van der Waals surface area contributed by atoms with Crippen molar-refractivity contribution in [1.29, 1.82) is 0 Å². The zero-order chi connectivity index (χ0) is 16.7. The molecular weight excluding hydrogens is 336 g/mol. The molecule has 0 saturated carbocycles. The first kappa shape index (κ1) is 17.2. The molecule has 0 aliphatic carbocycles. The van der Waals surface area contributed by atoms with Crippen LogP contribution >= 0.6 is 23.4 Å². The van der Waals surface area contributed by atoms with E-state index >= 15 is 0 Å². The number of hydrogen-bond donors (Lipinski definition) is 1. The van der Waals surface area contributed by atoms with E-state index in [0.717, 1.165) is 0 Å². The van der Waals surface area contributed by atoms with Gasteiger partial charge >= 0.3 is 0 Å². The number of thioether (sulfide) groups is 1. The SMILES string of the molecule is CN(CC(=O)Nc1ccccc1Cl)C(=O)CSc1ncccn1. The van der Waals surface area contributed by atoms with Crippen LogP contribution in [0.3, 0.4) is 0 Å². The number of rotatable bonds is 6. The Morgan fingerprint density at radius 1 is 1.22 bits per heavy atom. The van der Waals surface area contributed by atoms with E-state index in [-0.39, 0.29) is 24.1 Å². The van der Waals surface area contributed by atoms with Gasteiger partial charge in [-0.3, -0.25) is 9.59 Å². The van der Waals surface area contributed by atoms with Crippen molar-refractivity contribution in [1.82, 2.24) is 14.9 Å². The molecule has 1 aromatic carbocycles. The summed E-state index contributed by atoms with van der Waals surface area (Å²) in [5, 5.41) is 3.65. The second-order valence-electron chi connectivity index (χ2n) is 4.60. The number of nitrogens with one attached hydrogen (secondary N) is 1. The van der Waals surface area contributed by atoms with Crippen LogP contribution < -0.4 is 5.32 Å². The minimum atomic E-state index is -0.310. The Morgan fingerprint density at radius 2 is 1.91 bits per heavy atom. The first-order valence-electron chi connectivity index (χ1n) is 6.74. The molecule has 2 rings (SSSR count). The summed E-state index contributed by atoms with van der Waals surface area (Å²) in [6.07, 6.45) is 3.22. The van der Waals surface area contributed by atoms with Gasteiger partial charge in [0, 0.05) is 19.4 Å². The predicted octanol–water partition coefficient (Wildman–Crippen LogP) is 2.32. The molecule has 0 atom stereocenters. The van der Waals surface area contributed by atoms with Gasteiger partial charge in [0.1, 0.15) is 0 Å². The number of anilines is 1. The lowest BCUT2D eigenvalue weighted by atomic mass is 10.3. The summed E-state index contributed by atoms with van der Waals surface area (Å²) in [5.41, 5.74) is 0.520. The van der Waals surface area contributed by atoms with E-state index in [0.29, 0.717) is 15.9 Å². The third-order valence-corrected chi connectivity index (χ3v) is 4.01. The van der Waals surface area contributed by atoms with Crippen LogP contribution in [0.15, 0.2) is 47.9 Å². The van der Waals surface area contributed by atoms with E-state index in [1.807, 2.05) is 0 Å². The van der Waals surface area contributed by atoms with Crippen LogP contribution in [-0.2, 0) is 9.59 Å². The highest BCUT2D eigenvalue weighted by Gasteiger charge is 2.14.